The lowest BCUT2D eigenvalue weighted by Gasteiger charge is -2.14. The molecule has 56 valence electrons. The monoisotopic (exact) mass is 186 g/mol. The summed E-state index contributed by atoms with van der Waals surface area (Å²) in [6.45, 7) is 6.22. The third-order valence-corrected chi connectivity index (χ3v) is 3.92. The third-order valence-electron chi connectivity index (χ3n) is 0.435. The van der Waals surface area contributed by atoms with E-state index in [1.807, 2.05) is 0 Å². The van der Waals surface area contributed by atoms with Gasteiger partial charge in [0.1, 0.15) is 0 Å². The molecule has 0 spiro atoms. The standard InChI is InChI=1S/C3H12O3P2Si/c1-9(2,3)6-8-5-7-4/h4,7-8H,1-3H3. The van der Waals surface area contributed by atoms with Crippen molar-refractivity contribution >= 4 is 26.4 Å². The van der Waals surface area contributed by atoms with Gasteiger partial charge in [-0.05, 0) is 19.6 Å². The van der Waals surface area contributed by atoms with E-state index in [2.05, 4.69) is 24.0 Å². The van der Waals surface area contributed by atoms with Gasteiger partial charge in [-0.1, -0.05) is 0 Å². The van der Waals surface area contributed by atoms with Crippen molar-refractivity contribution < 1.29 is 13.4 Å². The minimum atomic E-state index is -1.41. The second-order valence-corrected chi connectivity index (χ2v) is 8.70. The van der Waals surface area contributed by atoms with Gasteiger partial charge in [-0.3, -0.25) is 4.31 Å². The lowest BCUT2D eigenvalue weighted by molar-refractivity contribution is 0.498. The van der Waals surface area contributed by atoms with Crippen LogP contribution in [-0.4, -0.2) is 13.2 Å². The van der Waals surface area contributed by atoms with Crippen molar-refractivity contribution in [3.8, 4) is 0 Å². The van der Waals surface area contributed by atoms with Crippen molar-refractivity contribution in [2.45, 2.75) is 19.6 Å². The van der Waals surface area contributed by atoms with Crippen LogP contribution in [0, 0.1) is 0 Å². The smallest absolute Gasteiger partial charge is 0.191 e. The Morgan fingerprint density at radius 1 is 1.33 bits per heavy atom. The molecule has 0 radical (unpaired) electrons. The highest BCUT2D eigenvalue weighted by atomic mass is 31.2. The Balaban J connectivity index is 3.07. The maximum atomic E-state index is 8.21. The second kappa shape index (κ2) is 4.72. The Labute approximate surface area is 60.2 Å². The summed E-state index contributed by atoms with van der Waals surface area (Å²) in [6.07, 6.45) is 0. The molecule has 0 rings (SSSR count). The highest BCUT2D eigenvalue weighted by Gasteiger charge is 2.13. The zero-order valence-electron chi connectivity index (χ0n) is 5.76. The Morgan fingerprint density at radius 3 is 2.22 bits per heavy atom. The van der Waals surface area contributed by atoms with Crippen LogP contribution in [-0.2, 0) is 8.52 Å². The molecule has 0 bridgehead atoms. The second-order valence-electron chi connectivity index (χ2n) is 2.49. The van der Waals surface area contributed by atoms with Crippen molar-refractivity contribution in [3.05, 3.63) is 0 Å². The first-order valence-corrected chi connectivity index (χ1v) is 7.62. The number of hydrogen-bond acceptors (Lipinski definition) is 3. The van der Waals surface area contributed by atoms with Crippen LogP contribution in [0.25, 0.3) is 0 Å². The quantitative estimate of drug-likeness (QED) is 0.413. The molecule has 0 aromatic rings. The van der Waals surface area contributed by atoms with Gasteiger partial charge < -0.3 is 9.11 Å². The fourth-order valence-corrected chi connectivity index (χ4v) is 1.86. The van der Waals surface area contributed by atoms with E-state index in [4.69, 9.17) is 9.11 Å². The average Bonchev–Trinajstić information content (AvgIpc) is 1.63. The van der Waals surface area contributed by atoms with Gasteiger partial charge in [0.15, 0.2) is 26.4 Å². The predicted octanol–water partition coefficient (Wildman–Crippen LogP) is 1.86. The molecule has 0 aromatic carbocycles. The fraction of sp³-hybridized carbons (Fsp3) is 1.00. The van der Waals surface area contributed by atoms with Crippen LogP contribution in [0.4, 0.5) is 0 Å². The van der Waals surface area contributed by atoms with Gasteiger partial charge in [-0.2, -0.15) is 0 Å². The fourth-order valence-electron chi connectivity index (χ4n) is 0.164. The number of rotatable bonds is 4. The summed E-state index contributed by atoms with van der Waals surface area (Å²) in [5, 5.41) is 0. The lowest BCUT2D eigenvalue weighted by Crippen LogP contribution is -2.20. The molecule has 2 atom stereocenters. The highest BCUT2D eigenvalue weighted by Crippen LogP contribution is 2.27. The molecule has 9 heavy (non-hydrogen) atoms. The van der Waals surface area contributed by atoms with E-state index in [1.165, 1.54) is 0 Å². The molecule has 0 aliphatic heterocycles. The highest BCUT2D eigenvalue weighted by molar-refractivity contribution is 7.41. The van der Waals surface area contributed by atoms with Crippen LogP contribution >= 0.6 is 18.1 Å². The van der Waals surface area contributed by atoms with Crippen LogP contribution in [0.5, 0.6) is 0 Å². The molecule has 0 amide bonds. The molecule has 2 unspecified atom stereocenters. The molecule has 0 saturated heterocycles. The summed E-state index contributed by atoms with van der Waals surface area (Å²) in [4.78, 5) is 8.21. The number of hydrogen-bond donors (Lipinski definition) is 1. The van der Waals surface area contributed by atoms with Crippen molar-refractivity contribution in [3.63, 3.8) is 0 Å². The predicted molar refractivity (Wildman–Crippen MR) is 44.4 cm³/mol. The van der Waals surface area contributed by atoms with E-state index < -0.39 is 17.4 Å². The lowest BCUT2D eigenvalue weighted by atomic mass is 11.8. The van der Waals surface area contributed by atoms with Crippen LogP contribution in [0.15, 0.2) is 0 Å². The van der Waals surface area contributed by atoms with Crippen LogP contribution in [0.3, 0.4) is 0 Å². The SMILES string of the molecule is C[Si](C)(C)OPOPO. The van der Waals surface area contributed by atoms with E-state index in [0.717, 1.165) is 0 Å². The van der Waals surface area contributed by atoms with Crippen molar-refractivity contribution in [2.75, 3.05) is 0 Å². The van der Waals surface area contributed by atoms with E-state index in [0.29, 0.717) is 0 Å². The molecule has 0 aliphatic rings. The van der Waals surface area contributed by atoms with Gasteiger partial charge in [0.05, 0.1) is 0 Å². The van der Waals surface area contributed by atoms with Crippen LogP contribution in [0.2, 0.25) is 19.6 Å². The van der Waals surface area contributed by atoms with Crippen LogP contribution in [0.1, 0.15) is 0 Å². The molecule has 1 N–H and O–H groups in total. The molecule has 3 nitrogen and oxygen atoms in total. The largest absolute Gasteiger partial charge is 0.378 e. The molecular formula is C3H12O3P2Si. The van der Waals surface area contributed by atoms with Crippen molar-refractivity contribution in [1.29, 1.82) is 0 Å². The molecule has 0 heterocycles. The summed E-state index contributed by atoms with van der Waals surface area (Å²) in [6, 6.07) is 0. The topological polar surface area (TPSA) is 38.7 Å². The maximum Gasteiger partial charge on any atom is 0.191 e. The third kappa shape index (κ3) is 8.96. The van der Waals surface area contributed by atoms with E-state index in [-0.39, 0.29) is 9.03 Å². The molecule has 6 heteroatoms. The first-order chi connectivity index (χ1) is 4.06. The van der Waals surface area contributed by atoms with Gasteiger partial charge in [0, 0.05) is 0 Å². The zero-order chi connectivity index (χ0) is 7.33. The van der Waals surface area contributed by atoms with E-state index >= 15 is 0 Å². The first kappa shape index (κ1) is 9.96. The van der Waals surface area contributed by atoms with Gasteiger partial charge >= 0.3 is 0 Å². The van der Waals surface area contributed by atoms with Gasteiger partial charge in [0.25, 0.3) is 0 Å². The van der Waals surface area contributed by atoms with Gasteiger partial charge in [-0.25, -0.2) is 0 Å². The Hall–Kier alpha value is 0.957. The normalized spacial score (nSPS) is 14.7. The Morgan fingerprint density at radius 2 is 1.89 bits per heavy atom. The molecule has 0 aromatic heterocycles. The zero-order valence-corrected chi connectivity index (χ0v) is 8.76. The summed E-state index contributed by atoms with van der Waals surface area (Å²) in [5.41, 5.74) is 0. The van der Waals surface area contributed by atoms with Crippen LogP contribution < -0.4 is 0 Å². The van der Waals surface area contributed by atoms with Gasteiger partial charge in [-0.15, -0.1) is 0 Å². The minimum absolute atomic E-state index is 0.00772. The first-order valence-electron chi connectivity index (χ1n) is 2.54. The minimum Gasteiger partial charge on any atom is -0.378 e. The van der Waals surface area contributed by atoms with Crippen molar-refractivity contribution in [1.82, 2.24) is 0 Å². The van der Waals surface area contributed by atoms with E-state index in [9.17, 15) is 0 Å². The van der Waals surface area contributed by atoms with E-state index in [1.54, 1.807) is 0 Å². The molecule has 0 aliphatic carbocycles. The summed E-state index contributed by atoms with van der Waals surface area (Å²) >= 11 is 0. The summed E-state index contributed by atoms with van der Waals surface area (Å²) in [7, 11) is -1.85. The molecular weight excluding hydrogens is 174 g/mol. The molecule has 0 saturated carbocycles. The van der Waals surface area contributed by atoms with Gasteiger partial charge in [0.2, 0.25) is 0 Å². The molecule has 0 fully saturated rings. The Bertz CT molecular complexity index is 73.9. The van der Waals surface area contributed by atoms with Crippen molar-refractivity contribution in [2.24, 2.45) is 0 Å². The Kier molecular flexibility index (Phi) is 5.23. The average molecular weight is 186 g/mol. The maximum absolute atomic E-state index is 8.21. The summed E-state index contributed by atoms with van der Waals surface area (Å²) < 4.78 is 9.89. The summed E-state index contributed by atoms with van der Waals surface area (Å²) in [5.74, 6) is 0.